The highest BCUT2D eigenvalue weighted by atomic mass is 16.7. The van der Waals surface area contributed by atoms with Crippen LogP contribution in [0.1, 0.15) is 85.5 Å². The summed E-state index contributed by atoms with van der Waals surface area (Å²) in [6, 6.07) is 0. The molecule has 0 saturated carbocycles. The minimum absolute atomic E-state index is 0.0411. The topological polar surface area (TPSA) is 83.5 Å². The first-order valence-electron chi connectivity index (χ1n) is 14.5. The van der Waals surface area contributed by atoms with Crippen LogP contribution in [0, 0.1) is 12.8 Å². The zero-order valence-corrected chi connectivity index (χ0v) is 24.5. The zero-order valence-electron chi connectivity index (χ0n) is 24.5. The summed E-state index contributed by atoms with van der Waals surface area (Å²) in [6.45, 7) is 16.8. The predicted molar refractivity (Wildman–Crippen MR) is 152 cm³/mol. The normalized spacial score (nSPS) is 12.6. The fraction of sp³-hybridized carbons (Fsp3) is 0.767. The number of carbonyl (C=O) groups is 2. The lowest BCUT2D eigenvalue weighted by Crippen LogP contribution is -2.25. The molecule has 0 fully saturated rings. The molecule has 0 N–H and O–H groups in total. The maximum absolute atomic E-state index is 12.1. The van der Waals surface area contributed by atoms with Gasteiger partial charge in [-0.2, -0.15) is 0 Å². The van der Waals surface area contributed by atoms with Gasteiger partial charge in [-0.05, 0) is 71.4 Å². The molecular formula is C30H54NO7. The molecule has 221 valence electrons. The molecule has 8 nitrogen and oxygen atoms in total. The molecule has 0 aromatic heterocycles. The highest BCUT2D eigenvalue weighted by molar-refractivity contribution is 5.69. The summed E-state index contributed by atoms with van der Waals surface area (Å²) >= 11 is 0. The van der Waals surface area contributed by atoms with E-state index in [1.54, 1.807) is 0 Å². The smallest absolute Gasteiger partial charge is 0.465 e. The number of hydrogen-bond acceptors (Lipinski definition) is 8. The minimum atomic E-state index is -0.716. The number of rotatable bonds is 25. The molecule has 0 rings (SSSR count). The van der Waals surface area contributed by atoms with Crippen LogP contribution in [-0.4, -0.2) is 76.0 Å². The van der Waals surface area contributed by atoms with Gasteiger partial charge in [0.15, 0.2) is 6.29 Å². The number of allylic oxidation sites excluding steroid dienone is 2. The van der Waals surface area contributed by atoms with Crippen LogP contribution in [0.5, 0.6) is 0 Å². The van der Waals surface area contributed by atoms with Crippen molar-refractivity contribution in [2.24, 2.45) is 5.92 Å². The summed E-state index contributed by atoms with van der Waals surface area (Å²) in [6.07, 6.45) is 14.6. The van der Waals surface area contributed by atoms with Gasteiger partial charge in [-0.15, -0.1) is 0 Å². The van der Waals surface area contributed by atoms with Crippen LogP contribution in [0.25, 0.3) is 0 Å². The summed E-state index contributed by atoms with van der Waals surface area (Å²) in [4.78, 5) is 26.1. The second-order valence-corrected chi connectivity index (χ2v) is 9.09. The van der Waals surface area contributed by atoms with E-state index in [0.717, 1.165) is 64.6 Å². The Kier molecular flexibility index (Phi) is 25.4. The predicted octanol–water partition coefficient (Wildman–Crippen LogP) is 6.50. The summed E-state index contributed by atoms with van der Waals surface area (Å²) in [7, 11) is 0. The van der Waals surface area contributed by atoms with Gasteiger partial charge in [0, 0.05) is 18.9 Å². The first-order chi connectivity index (χ1) is 18.5. The van der Waals surface area contributed by atoms with Crippen molar-refractivity contribution in [2.45, 2.75) is 91.8 Å². The lowest BCUT2D eigenvalue weighted by atomic mass is 10.2. The second kappa shape index (κ2) is 26.7. The fourth-order valence-corrected chi connectivity index (χ4v) is 3.44. The van der Waals surface area contributed by atoms with Crippen molar-refractivity contribution in [3.8, 4) is 0 Å². The zero-order chi connectivity index (χ0) is 28.3. The average molecular weight is 541 g/mol. The first-order valence-corrected chi connectivity index (χ1v) is 14.5. The van der Waals surface area contributed by atoms with Crippen LogP contribution < -0.4 is 0 Å². The Balaban J connectivity index is 4.03. The van der Waals surface area contributed by atoms with Gasteiger partial charge in [0.05, 0.1) is 26.4 Å². The molecule has 0 bridgehead atoms. The Morgan fingerprint density at radius 3 is 1.95 bits per heavy atom. The molecule has 1 radical (unpaired) electrons. The van der Waals surface area contributed by atoms with E-state index in [-0.39, 0.29) is 31.4 Å². The molecule has 0 saturated heterocycles. The van der Waals surface area contributed by atoms with Crippen LogP contribution in [0.3, 0.4) is 0 Å². The molecule has 0 spiro atoms. The van der Waals surface area contributed by atoms with Gasteiger partial charge in [0.1, 0.15) is 6.61 Å². The van der Waals surface area contributed by atoms with Gasteiger partial charge in [0.25, 0.3) is 0 Å². The molecule has 0 aliphatic heterocycles. The second-order valence-electron chi connectivity index (χ2n) is 9.09. The Morgan fingerprint density at radius 2 is 1.37 bits per heavy atom. The highest BCUT2D eigenvalue weighted by Crippen LogP contribution is 2.11. The van der Waals surface area contributed by atoms with Crippen molar-refractivity contribution in [3.05, 3.63) is 31.2 Å². The monoisotopic (exact) mass is 540 g/mol. The third-order valence-electron chi connectivity index (χ3n) is 5.70. The van der Waals surface area contributed by atoms with Crippen LogP contribution in [0.4, 0.5) is 4.79 Å². The summed E-state index contributed by atoms with van der Waals surface area (Å²) in [5.41, 5.74) is 0. The SMILES string of the molecule is [CH2]C(COC(=O)CCCCC(OCC/C=C\CC)OCC/C=C\CC)COC(=O)OCCCN(CC)CC. The van der Waals surface area contributed by atoms with Crippen molar-refractivity contribution >= 4 is 12.1 Å². The molecule has 8 heteroatoms. The van der Waals surface area contributed by atoms with E-state index in [2.05, 4.69) is 63.8 Å². The summed E-state index contributed by atoms with van der Waals surface area (Å²) in [5, 5.41) is 0. The lowest BCUT2D eigenvalue weighted by Gasteiger charge is -2.18. The summed E-state index contributed by atoms with van der Waals surface area (Å²) in [5.74, 6) is -0.637. The van der Waals surface area contributed by atoms with Crippen LogP contribution in [0.2, 0.25) is 0 Å². The maximum atomic E-state index is 12.1. The van der Waals surface area contributed by atoms with E-state index in [1.165, 1.54) is 0 Å². The Bertz CT molecular complexity index is 600. The van der Waals surface area contributed by atoms with Crippen molar-refractivity contribution in [3.63, 3.8) is 0 Å². The van der Waals surface area contributed by atoms with Gasteiger partial charge in [-0.1, -0.05) is 52.0 Å². The van der Waals surface area contributed by atoms with Crippen molar-refractivity contribution in [1.82, 2.24) is 4.90 Å². The third-order valence-corrected chi connectivity index (χ3v) is 5.70. The molecule has 1 unspecified atom stereocenters. The number of nitrogens with zero attached hydrogens (tertiary/aromatic N) is 1. The maximum Gasteiger partial charge on any atom is 0.508 e. The largest absolute Gasteiger partial charge is 0.508 e. The van der Waals surface area contributed by atoms with Crippen LogP contribution >= 0.6 is 0 Å². The first kappa shape index (κ1) is 36.1. The van der Waals surface area contributed by atoms with Crippen LogP contribution in [0.15, 0.2) is 24.3 Å². The Morgan fingerprint density at radius 1 is 0.763 bits per heavy atom. The molecular weight excluding hydrogens is 486 g/mol. The molecule has 0 amide bonds. The summed E-state index contributed by atoms with van der Waals surface area (Å²) < 4.78 is 27.2. The lowest BCUT2D eigenvalue weighted by molar-refractivity contribution is -0.148. The molecule has 0 heterocycles. The van der Waals surface area contributed by atoms with Gasteiger partial charge in [-0.3, -0.25) is 4.79 Å². The number of esters is 1. The Labute approximate surface area is 232 Å². The van der Waals surface area contributed by atoms with Crippen molar-refractivity contribution in [1.29, 1.82) is 0 Å². The van der Waals surface area contributed by atoms with E-state index in [9.17, 15) is 9.59 Å². The highest BCUT2D eigenvalue weighted by Gasteiger charge is 2.13. The van der Waals surface area contributed by atoms with E-state index in [1.807, 2.05) is 0 Å². The van der Waals surface area contributed by atoms with Crippen molar-refractivity contribution in [2.75, 3.05) is 52.7 Å². The Hall–Kier alpha value is -1.90. The van der Waals surface area contributed by atoms with Gasteiger partial charge < -0.3 is 28.6 Å². The molecule has 0 aromatic carbocycles. The van der Waals surface area contributed by atoms with Crippen LogP contribution in [-0.2, 0) is 28.5 Å². The molecule has 0 aliphatic carbocycles. The number of hydrogen-bond donors (Lipinski definition) is 0. The van der Waals surface area contributed by atoms with E-state index in [4.69, 9.17) is 23.7 Å². The number of ether oxygens (including phenoxy) is 5. The minimum Gasteiger partial charge on any atom is -0.465 e. The number of carbonyl (C=O) groups excluding carboxylic acids is 2. The molecule has 0 aromatic rings. The van der Waals surface area contributed by atoms with E-state index >= 15 is 0 Å². The molecule has 38 heavy (non-hydrogen) atoms. The average Bonchev–Trinajstić information content (AvgIpc) is 2.92. The molecule has 1 atom stereocenters. The van der Waals surface area contributed by atoms with Gasteiger partial charge in [-0.25, -0.2) is 4.79 Å². The van der Waals surface area contributed by atoms with Crippen molar-refractivity contribution < 1.29 is 33.3 Å². The van der Waals surface area contributed by atoms with E-state index in [0.29, 0.717) is 32.7 Å². The third kappa shape index (κ3) is 23.2. The standard InChI is InChI=1S/C30H54NO7/c1-6-10-12-16-22-34-29(35-23-17-13-11-7-2)20-15-14-19-28(32)37-25-27(5)26-38-30(33)36-24-18-21-31(8-3)9-4/h10-13,27,29H,5-9,14-26H2,1-4H3/b12-10-,13-11-. The number of unbranched alkanes of at least 4 members (excludes halogenated alkanes) is 1. The molecule has 0 aliphatic rings. The quantitative estimate of drug-likeness (QED) is 0.0562. The van der Waals surface area contributed by atoms with Gasteiger partial charge in [0.2, 0.25) is 0 Å². The van der Waals surface area contributed by atoms with E-state index < -0.39 is 6.16 Å². The van der Waals surface area contributed by atoms with Gasteiger partial charge >= 0.3 is 12.1 Å². The fourth-order valence-electron chi connectivity index (χ4n) is 3.44.